The van der Waals surface area contributed by atoms with E-state index in [1.165, 1.54) is 16.7 Å². The second-order valence-corrected chi connectivity index (χ2v) is 7.35. The summed E-state index contributed by atoms with van der Waals surface area (Å²) in [6, 6.07) is 23.5. The van der Waals surface area contributed by atoms with Crippen molar-refractivity contribution in [3.63, 3.8) is 0 Å². The Labute approximate surface area is 139 Å². The van der Waals surface area contributed by atoms with E-state index in [0.29, 0.717) is 0 Å². The summed E-state index contributed by atoms with van der Waals surface area (Å²) < 4.78 is 17.9. The number of hydrogen-bond acceptors (Lipinski definition) is 1. The van der Waals surface area contributed by atoms with Crippen molar-refractivity contribution < 1.29 is 4.39 Å². The molecule has 0 saturated heterocycles. The summed E-state index contributed by atoms with van der Waals surface area (Å²) >= 11 is 0.0413. The number of halogens is 1. The van der Waals surface area contributed by atoms with Gasteiger partial charge >= 0.3 is 140 Å². The van der Waals surface area contributed by atoms with Crippen molar-refractivity contribution in [3.8, 4) is 11.3 Å². The van der Waals surface area contributed by atoms with Gasteiger partial charge in [0.1, 0.15) is 0 Å². The molecule has 0 bridgehead atoms. The average molecular weight is 367 g/mol. The first-order valence-electron chi connectivity index (χ1n) is 7.27. The van der Waals surface area contributed by atoms with E-state index >= 15 is 0 Å². The monoisotopic (exact) mass is 368 g/mol. The van der Waals surface area contributed by atoms with Gasteiger partial charge in [-0.05, 0) is 0 Å². The van der Waals surface area contributed by atoms with Gasteiger partial charge in [0.05, 0.1) is 0 Å². The summed E-state index contributed by atoms with van der Waals surface area (Å²) in [7, 11) is 0. The summed E-state index contributed by atoms with van der Waals surface area (Å²) in [4.78, 5) is 4.73. The molecule has 0 fully saturated rings. The van der Waals surface area contributed by atoms with Crippen LogP contribution in [0.3, 0.4) is 0 Å². The van der Waals surface area contributed by atoms with Crippen molar-refractivity contribution >= 4 is 29.7 Å². The van der Waals surface area contributed by atoms with E-state index < -0.39 is 0 Å². The van der Waals surface area contributed by atoms with E-state index in [4.69, 9.17) is 4.98 Å². The van der Waals surface area contributed by atoms with Gasteiger partial charge in [-0.3, -0.25) is 0 Å². The zero-order valence-electron chi connectivity index (χ0n) is 12.2. The van der Waals surface area contributed by atoms with E-state index in [9.17, 15) is 4.39 Å². The standard InChI is InChI=1S/C19H13FN2Se/c20-15-11-12-17-21-18(14-7-3-1-4-8-14)19(22(17)13-15)23-16-9-5-2-6-10-16/h1-13H. The Morgan fingerprint density at radius 2 is 1.52 bits per heavy atom. The van der Waals surface area contributed by atoms with Crippen LogP contribution in [0.2, 0.25) is 0 Å². The zero-order valence-corrected chi connectivity index (χ0v) is 13.9. The number of benzene rings is 2. The molecule has 0 spiro atoms. The number of nitrogens with zero attached hydrogens (tertiary/aromatic N) is 2. The van der Waals surface area contributed by atoms with Crippen molar-refractivity contribution in [1.82, 2.24) is 9.38 Å². The zero-order chi connectivity index (χ0) is 15.6. The third-order valence-corrected chi connectivity index (χ3v) is 5.83. The van der Waals surface area contributed by atoms with E-state index in [-0.39, 0.29) is 20.8 Å². The summed E-state index contributed by atoms with van der Waals surface area (Å²) in [5.74, 6) is -0.250. The minimum atomic E-state index is -0.250. The first kappa shape index (κ1) is 14.2. The Morgan fingerprint density at radius 3 is 2.26 bits per heavy atom. The molecule has 2 aromatic heterocycles. The van der Waals surface area contributed by atoms with Crippen molar-refractivity contribution in [3.05, 3.63) is 84.8 Å². The number of hydrogen-bond donors (Lipinski definition) is 0. The van der Waals surface area contributed by atoms with Crippen LogP contribution in [0.4, 0.5) is 4.39 Å². The summed E-state index contributed by atoms with van der Waals surface area (Å²) in [5.41, 5.74) is 2.77. The second-order valence-electron chi connectivity index (χ2n) is 5.12. The molecule has 0 atom stereocenters. The molecule has 0 radical (unpaired) electrons. The molecule has 4 heteroatoms. The third-order valence-electron chi connectivity index (χ3n) is 3.54. The first-order valence-corrected chi connectivity index (χ1v) is 8.98. The normalized spacial score (nSPS) is 11.0. The van der Waals surface area contributed by atoms with Crippen molar-refractivity contribution in [2.45, 2.75) is 0 Å². The van der Waals surface area contributed by atoms with Gasteiger partial charge in [-0.25, -0.2) is 0 Å². The predicted octanol–water partition coefficient (Wildman–Crippen LogP) is 2.80. The van der Waals surface area contributed by atoms with Crippen LogP contribution in [0.25, 0.3) is 16.9 Å². The number of fused-ring (bicyclic) bond motifs is 1. The number of imidazole rings is 1. The molecule has 0 aliphatic heterocycles. The Balaban J connectivity index is 1.93. The number of rotatable bonds is 3. The van der Waals surface area contributed by atoms with Crippen molar-refractivity contribution in [2.24, 2.45) is 0 Å². The maximum absolute atomic E-state index is 13.7. The molecule has 2 heterocycles. The van der Waals surface area contributed by atoms with Crippen molar-refractivity contribution in [2.75, 3.05) is 0 Å². The molecular formula is C19H13FN2Se. The molecule has 4 aromatic rings. The number of aromatic nitrogens is 2. The molecule has 0 saturated carbocycles. The van der Waals surface area contributed by atoms with Gasteiger partial charge in [0.25, 0.3) is 0 Å². The van der Waals surface area contributed by atoms with Gasteiger partial charge in [0, 0.05) is 0 Å². The van der Waals surface area contributed by atoms with Crippen LogP contribution in [0.15, 0.2) is 79.0 Å². The fraction of sp³-hybridized carbons (Fsp3) is 0. The molecule has 23 heavy (non-hydrogen) atoms. The van der Waals surface area contributed by atoms with Crippen LogP contribution in [0, 0.1) is 5.82 Å². The summed E-state index contributed by atoms with van der Waals surface area (Å²) in [5, 5.41) is 0. The van der Waals surface area contributed by atoms with Crippen molar-refractivity contribution in [1.29, 1.82) is 0 Å². The fourth-order valence-electron chi connectivity index (χ4n) is 2.48. The van der Waals surface area contributed by atoms with Crippen LogP contribution in [-0.4, -0.2) is 24.3 Å². The minimum absolute atomic E-state index is 0.0413. The molecule has 2 aromatic carbocycles. The molecule has 4 rings (SSSR count). The second kappa shape index (κ2) is 5.99. The van der Waals surface area contributed by atoms with Gasteiger partial charge in [-0.1, -0.05) is 0 Å². The molecule has 0 aliphatic rings. The fourth-order valence-corrected chi connectivity index (χ4v) is 4.62. The molecule has 0 amide bonds. The van der Waals surface area contributed by atoms with E-state index in [1.54, 1.807) is 6.07 Å². The van der Waals surface area contributed by atoms with Crippen LogP contribution < -0.4 is 9.05 Å². The van der Waals surface area contributed by atoms with Crippen LogP contribution in [0.1, 0.15) is 0 Å². The number of pyridine rings is 1. The molecule has 0 N–H and O–H groups in total. The Hall–Kier alpha value is -2.42. The average Bonchev–Trinajstić information content (AvgIpc) is 2.95. The molecular weight excluding hydrogens is 354 g/mol. The van der Waals surface area contributed by atoms with E-state index in [0.717, 1.165) is 21.5 Å². The SMILES string of the molecule is Fc1ccc2nc(-c3ccccc3)c([Se]c3ccccc3)n2c1. The Bertz CT molecular complexity index is 949. The third kappa shape index (κ3) is 2.79. The Morgan fingerprint density at radius 1 is 0.826 bits per heavy atom. The molecule has 0 unspecified atom stereocenters. The molecule has 2 nitrogen and oxygen atoms in total. The van der Waals surface area contributed by atoms with E-state index in [2.05, 4.69) is 12.1 Å². The molecule has 0 aliphatic carbocycles. The van der Waals surface area contributed by atoms with Crippen LogP contribution in [0.5, 0.6) is 0 Å². The predicted molar refractivity (Wildman–Crippen MR) is 92.1 cm³/mol. The molecule has 112 valence electrons. The quantitative estimate of drug-likeness (QED) is 0.509. The van der Waals surface area contributed by atoms with Crippen LogP contribution >= 0.6 is 0 Å². The van der Waals surface area contributed by atoms with Gasteiger partial charge in [-0.2, -0.15) is 0 Å². The van der Waals surface area contributed by atoms with Gasteiger partial charge < -0.3 is 0 Å². The summed E-state index contributed by atoms with van der Waals surface area (Å²) in [6.07, 6.45) is 1.52. The summed E-state index contributed by atoms with van der Waals surface area (Å²) in [6.45, 7) is 0. The maximum atomic E-state index is 13.7. The van der Waals surface area contributed by atoms with Gasteiger partial charge in [-0.15, -0.1) is 0 Å². The van der Waals surface area contributed by atoms with Crippen LogP contribution in [-0.2, 0) is 0 Å². The Kier molecular flexibility index (Phi) is 3.70. The topological polar surface area (TPSA) is 17.3 Å². The van der Waals surface area contributed by atoms with Gasteiger partial charge in [0.15, 0.2) is 0 Å². The van der Waals surface area contributed by atoms with Gasteiger partial charge in [0.2, 0.25) is 0 Å². The van der Waals surface area contributed by atoms with E-state index in [1.807, 2.05) is 52.9 Å². The first-order chi connectivity index (χ1) is 11.3.